The maximum atomic E-state index is 13.1. The quantitative estimate of drug-likeness (QED) is 0.209. The number of nitrogens with one attached hydrogen (secondary N) is 1. The first kappa shape index (κ1) is 27.8. The van der Waals surface area contributed by atoms with Crippen LogP contribution in [-0.2, 0) is 0 Å². The van der Waals surface area contributed by atoms with Crippen LogP contribution in [0.15, 0.2) is 60.1 Å². The van der Waals surface area contributed by atoms with Crippen LogP contribution in [-0.4, -0.2) is 58.2 Å². The van der Waals surface area contributed by atoms with Crippen LogP contribution in [0.2, 0.25) is 0 Å². The van der Waals surface area contributed by atoms with Crippen LogP contribution >= 0.6 is 0 Å². The van der Waals surface area contributed by atoms with Crippen molar-refractivity contribution in [2.24, 2.45) is 4.99 Å². The SMILES string of the molecule is C=Nc1cc(OC)c(OC)cc1/C(=C\C)Oc1ccc(NC(=O)c2nn(-c3nccnc3C)cc2OCC)nc1. The highest BCUT2D eigenvalue weighted by atomic mass is 16.5. The smallest absolute Gasteiger partial charge is 0.281 e. The predicted molar refractivity (Wildman–Crippen MR) is 150 cm³/mol. The number of benzene rings is 1. The number of ether oxygens (including phenoxy) is 4. The number of aromatic nitrogens is 5. The van der Waals surface area contributed by atoms with Crippen LogP contribution < -0.4 is 24.3 Å². The molecule has 3 heterocycles. The van der Waals surface area contributed by atoms with Crippen LogP contribution in [0.1, 0.15) is 35.6 Å². The number of hydrogen-bond donors (Lipinski definition) is 1. The first-order valence-corrected chi connectivity index (χ1v) is 12.3. The van der Waals surface area contributed by atoms with Gasteiger partial charge >= 0.3 is 0 Å². The molecule has 0 saturated carbocycles. The zero-order chi connectivity index (χ0) is 28.6. The van der Waals surface area contributed by atoms with Crippen LogP contribution in [0.3, 0.4) is 0 Å². The number of rotatable bonds is 11. The number of carbonyl (C=O) groups excluding carboxylic acids is 1. The maximum absolute atomic E-state index is 13.1. The highest BCUT2D eigenvalue weighted by Gasteiger charge is 2.21. The molecule has 40 heavy (non-hydrogen) atoms. The summed E-state index contributed by atoms with van der Waals surface area (Å²) in [6.45, 7) is 9.46. The van der Waals surface area contributed by atoms with Gasteiger partial charge in [-0.05, 0) is 51.8 Å². The van der Waals surface area contributed by atoms with Gasteiger partial charge < -0.3 is 24.3 Å². The van der Waals surface area contributed by atoms with Crippen LogP contribution in [0.25, 0.3) is 11.6 Å². The normalized spacial score (nSPS) is 11.1. The van der Waals surface area contributed by atoms with E-state index in [0.29, 0.717) is 63.9 Å². The lowest BCUT2D eigenvalue weighted by atomic mass is 10.1. The Kier molecular flexibility index (Phi) is 8.69. The molecule has 0 spiro atoms. The summed E-state index contributed by atoms with van der Waals surface area (Å²) in [4.78, 5) is 30.0. The number of aryl methyl sites for hydroxylation is 1. The van der Waals surface area contributed by atoms with Gasteiger partial charge in [-0.25, -0.2) is 14.6 Å². The monoisotopic (exact) mass is 543 g/mol. The van der Waals surface area contributed by atoms with Gasteiger partial charge in [0.25, 0.3) is 5.91 Å². The van der Waals surface area contributed by atoms with Crippen LogP contribution in [0.5, 0.6) is 23.0 Å². The average molecular weight is 544 g/mol. The predicted octanol–water partition coefficient (Wildman–Crippen LogP) is 4.81. The van der Waals surface area contributed by atoms with E-state index in [4.69, 9.17) is 18.9 Å². The zero-order valence-corrected chi connectivity index (χ0v) is 22.8. The van der Waals surface area contributed by atoms with Crippen LogP contribution in [0.4, 0.5) is 11.5 Å². The average Bonchev–Trinajstić information content (AvgIpc) is 3.40. The first-order valence-electron chi connectivity index (χ1n) is 12.3. The Balaban J connectivity index is 1.53. The second-order valence-electron chi connectivity index (χ2n) is 8.16. The summed E-state index contributed by atoms with van der Waals surface area (Å²) < 4.78 is 24.0. The number of amides is 1. The van der Waals surface area contributed by atoms with Crippen molar-refractivity contribution in [3.8, 4) is 28.8 Å². The summed E-state index contributed by atoms with van der Waals surface area (Å²) >= 11 is 0. The van der Waals surface area contributed by atoms with Gasteiger partial charge in [-0.3, -0.25) is 14.8 Å². The van der Waals surface area contributed by atoms with Gasteiger partial charge in [0.1, 0.15) is 17.3 Å². The number of methoxy groups -OCH3 is 2. The minimum Gasteiger partial charge on any atom is -0.493 e. The van der Waals surface area contributed by atoms with Gasteiger partial charge in [0.05, 0.1) is 44.6 Å². The molecule has 0 unspecified atom stereocenters. The third kappa shape index (κ3) is 5.90. The fourth-order valence-corrected chi connectivity index (χ4v) is 3.79. The van der Waals surface area contributed by atoms with Crippen molar-refractivity contribution in [3.63, 3.8) is 0 Å². The molecule has 4 rings (SSSR count). The van der Waals surface area contributed by atoms with Crippen molar-refractivity contribution in [1.29, 1.82) is 0 Å². The molecule has 0 atom stereocenters. The second-order valence-corrected chi connectivity index (χ2v) is 8.16. The van der Waals surface area contributed by atoms with Crippen molar-refractivity contribution in [3.05, 3.63) is 72.1 Å². The van der Waals surface area contributed by atoms with E-state index in [2.05, 4.69) is 37.1 Å². The summed E-state index contributed by atoms with van der Waals surface area (Å²) in [5.74, 6) is 2.59. The maximum Gasteiger partial charge on any atom is 0.281 e. The molecule has 206 valence electrons. The van der Waals surface area contributed by atoms with Gasteiger partial charge in [0.15, 0.2) is 28.8 Å². The largest absolute Gasteiger partial charge is 0.493 e. The molecule has 12 heteroatoms. The number of pyridine rings is 1. The fourth-order valence-electron chi connectivity index (χ4n) is 3.79. The Morgan fingerprint density at radius 2 is 1.85 bits per heavy atom. The fraction of sp³-hybridized carbons (Fsp3) is 0.214. The van der Waals surface area contributed by atoms with Crippen molar-refractivity contribution < 1.29 is 23.7 Å². The van der Waals surface area contributed by atoms with E-state index in [1.54, 1.807) is 70.1 Å². The third-order valence-electron chi connectivity index (χ3n) is 5.67. The molecule has 0 aliphatic rings. The van der Waals surface area contributed by atoms with E-state index in [-0.39, 0.29) is 5.69 Å². The molecule has 0 bridgehead atoms. The first-order chi connectivity index (χ1) is 19.4. The molecule has 3 aromatic heterocycles. The van der Waals surface area contributed by atoms with Gasteiger partial charge in [0.2, 0.25) is 0 Å². The lowest BCUT2D eigenvalue weighted by molar-refractivity contribution is 0.101. The number of allylic oxidation sites excluding steroid dienone is 1. The Morgan fingerprint density at radius 1 is 1.10 bits per heavy atom. The number of nitrogens with zero attached hydrogens (tertiary/aromatic N) is 6. The van der Waals surface area contributed by atoms with Gasteiger partial charge in [-0.2, -0.15) is 5.10 Å². The molecule has 12 nitrogen and oxygen atoms in total. The molecule has 0 aliphatic carbocycles. The van der Waals surface area contributed by atoms with Crippen molar-refractivity contribution in [2.45, 2.75) is 20.8 Å². The lowest BCUT2D eigenvalue weighted by Crippen LogP contribution is -2.15. The van der Waals surface area contributed by atoms with E-state index in [1.165, 1.54) is 10.9 Å². The Bertz CT molecular complexity index is 1550. The Hall–Kier alpha value is -5.26. The summed E-state index contributed by atoms with van der Waals surface area (Å²) in [5.41, 5.74) is 1.96. The van der Waals surface area contributed by atoms with Crippen LogP contribution in [0, 0.1) is 6.92 Å². The molecule has 1 aromatic carbocycles. The summed E-state index contributed by atoms with van der Waals surface area (Å²) in [6, 6.07) is 6.77. The summed E-state index contributed by atoms with van der Waals surface area (Å²) in [5, 5.41) is 7.13. The van der Waals surface area contributed by atoms with Gasteiger partial charge in [0, 0.05) is 24.0 Å². The molecule has 0 aliphatic heterocycles. The van der Waals surface area contributed by atoms with E-state index >= 15 is 0 Å². The van der Waals surface area contributed by atoms with Gasteiger partial charge in [-0.15, -0.1) is 0 Å². The number of aliphatic imine (C=N–C) groups is 1. The minimum absolute atomic E-state index is 0.0862. The minimum atomic E-state index is -0.494. The van der Waals surface area contributed by atoms with E-state index in [9.17, 15) is 4.79 Å². The third-order valence-corrected chi connectivity index (χ3v) is 5.67. The molecule has 0 fully saturated rings. The Morgan fingerprint density at radius 3 is 2.48 bits per heavy atom. The van der Waals surface area contributed by atoms with Crippen molar-refractivity contribution >= 4 is 29.9 Å². The van der Waals surface area contributed by atoms with Gasteiger partial charge in [-0.1, -0.05) is 0 Å². The number of carbonyl (C=O) groups is 1. The molecule has 0 radical (unpaired) electrons. The molecule has 0 saturated heterocycles. The summed E-state index contributed by atoms with van der Waals surface area (Å²) in [7, 11) is 3.10. The zero-order valence-electron chi connectivity index (χ0n) is 22.8. The molecular formula is C28H29N7O5. The van der Waals surface area contributed by atoms with E-state index in [1.807, 2.05) is 13.8 Å². The number of hydrogen-bond acceptors (Lipinski definition) is 10. The Labute approximate surface area is 231 Å². The molecule has 1 N–H and O–H groups in total. The molecular weight excluding hydrogens is 514 g/mol. The lowest BCUT2D eigenvalue weighted by Gasteiger charge is -2.15. The topological polar surface area (TPSA) is 135 Å². The molecule has 4 aromatic rings. The molecule has 1 amide bonds. The standard InChI is InChI=1S/C28H29N7O5/c1-7-21(19-13-22(37-5)23(38-6)14-20(19)29-4)40-18-9-10-25(32-15-18)33-28(36)26-24(39-8-2)16-35(34-26)27-17(3)30-11-12-31-27/h7,9-16H,4,8H2,1-3,5-6H3,(H,32,33,36)/b21-7+. The van der Waals surface area contributed by atoms with E-state index in [0.717, 1.165) is 0 Å². The van der Waals surface area contributed by atoms with Crippen molar-refractivity contribution in [2.75, 3.05) is 26.1 Å². The highest BCUT2D eigenvalue weighted by Crippen LogP contribution is 2.38. The van der Waals surface area contributed by atoms with Crippen molar-refractivity contribution in [1.82, 2.24) is 24.7 Å². The second kappa shape index (κ2) is 12.5. The highest BCUT2D eigenvalue weighted by molar-refractivity contribution is 6.04. The van der Waals surface area contributed by atoms with E-state index < -0.39 is 5.91 Å². The number of anilines is 1. The summed E-state index contributed by atoms with van der Waals surface area (Å²) in [6.07, 6.45) is 8.01.